The van der Waals surface area contributed by atoms with Crippen molar-refractivity contribution in [3.8, 4) is 5.88 Å². The normalized spacial score (nSPS) is 13.6. The zero-order valence-corrected chi connectivity index (χ0v) is 9.14. The van der Waals surface area contributed by atoms with Gasteiger partial charge < -0.3 is 10.5 Å². The van der Waals surface area contributed by atoms with E-state index in [0.717, 1.165) is 6.07 Å². The summed E-state index contributed by atoms with van der Waals surface area (Å²) in [5, 5.41) is -0.185. The smallest absolute Gasteiger partial charge is 0.417 e. The van der Waals surface area contributed by atoms with Crippen molar-refractivity contribution >= 4 is 11.6 Å². The number of aromatic nitrogens is 1. The highest BCUT2D eigenvalue weighted by Crippen LogP contribution is 2.33. The molecule has 0 aromatic carbocycles. The molecular formula is C9H10ClF3N2O. The Kier molecular flexibility index (Phi) is 3.98. The lowest BCUT2D eigenvalue weighted by atomic mass is 10.3. The summed E-state index contributed by atoms with van der Waals surface area (Å²) in [6.07, 6.45) is -4.15. The Morgan fingerprint density at radius 1 is 1.56 bits per heavy atom. The Morgan fingerprint density at radius 2 is 2.19 bits per heavy atom. The average Bonchev–Trinajstić information content (AvgIpc) is 2.19. The third kappa shape index (κ3) is 3.24. The van der Waals surface area contributed by atoms with Crippen LogP contribution in [-0.4, -0.2) is 17.6 Å². The first-order chi connectivity index (χ1) is 7.34. The molecule has 0 spiro atoms. The lowest BCUT2D eigenvalue weighted by Crippen LogP contribution is -2.23. The van der Waals surface area contributed by atoms with E-state index in [1.54, 1.807) is 6.92 Å². The maximum Gasteiger partial charge on any atom is 0.417 e. The molecule has 1 aromatic rings. The first-order valence-corrected chi connectivity index (χ1v) is 4.82. The van der Waals surface area contributed by atoms with E-state index < -0.39 is 11.7 Å². The van der Waals surface area contributed by atoms with Crippen LogP contribution >= 0.6 is 11.6 Å². The van der Waals surface area contributed by atoms with Crippen molar-refractivity contribution in [2.24, 2.45) is 5.73 Å². The maximum atomic E-state index is 12.3. The van der Waals surface area contributed by atoms with E-state index >= 15 is 0 Å². The summed E-state index contributed by atoms with van der Waals surface area (Å²) >= 11 is 5.61. The molecule has 7 heteroatoms. The molecule has 90 valence electrons. The molecule has 16 heavy (non-hydrogen) atoms. The molecule has 0 saturated carbocycles. The molecular weight excluding hydrogens is 245 g/mol. The van der Waals surface area contributed by atoms with Gasteiger partial charge in [0.05, 0.1) is 5.56 Å². The van der Waals surface area contributed by atoms with Crippen LogP contribution in [0.1, 0.15) is 12.5 Å². The van der Waals surface area contributed by atoms with E-state index in [2.05, 4.69) is 4.98 Å². The third-order valence-electron chi connectivity index (χ3n) is 1.78. The molecule has 1 unspecified atom stereocenters. The Morgan fingerprint density at radius 3 is 2.62 bits per heavy atom. The number of nitrogens with two attached hydrogens (primary N) is 1. The number of rotatable bonds is 3. The fraction of sp³-hybridized carbons (Fsp3) is 0.444. The van der Waals surface area contributed by atoms with Gasteiger partial charge in [0, 0.05) is 12.7 Å². The van der Waals surface area contributed by atoms with E-state index in [4.69, 9.17) is 22.1 Å². The van der Waals surface area contributed by atoms with Gasteiger partial charge in [-0.15, -0.1) is 0 Å². The number of halogens is 4. The van der Waals surface area contributed by atoms with Crippen LogP contribution in [0.4, 0.5) is 13.2 Å². The van der Waals surface area contributed by atoms with Gasteiger partial charge in [-0.25, -0.2) is 4.98 Å². The van der Waals surface area contributed by atoms with Crippen molar-refractivity contribution in [2.45, 2.75) is 19.2 Å². The van der Waals surface area contributed by atoms with E-state index in [-0.39, 0.29) is 23.6 Å². The van der Waals surface area contributed by atoms with Crippen LogP contribution in [0, 0.1) is 0 Å². The molecule has 1 aromatic heterocycles. The van der Waals surface area contributed by atoms with Gasteiger partial charge in [0.25, 0.3) is 0 Å². The number of alkyl halides is 3. The van der Waals surface area contributed by atoms with Crippen LogP contribution in [0.5, 0.6) is 5.88 Å². The summed E-state index contributed by atoms with van der Waals surface area (Å²) in [5.41, 5.74) is 4.38. The van der Waals surface area contributed by atoms with Gasteiger partial charge in [0.1, 0.15) is 11.1 Å². The Balaban J connectivity index is 2.92. The van der Waals surface area contributed by atoms with Crippen molar-refractivity contribution in [2.75, 3.05) is 6.54 Å². The fourth-order valence-corrected chi connectivity index (χ4v) is 1.12. The van der Waals surface area contributed by atoms with E-state index in [0.29, 0.717) is 6.20 Å². The van der Waals surface area contributed by atoms with Crippen LogP contribution in [0.25, 0.3) is 0 Å². The Hall–Kier alpha value is -1.01. The molecule has 0 amide bonds. The lowest BCUT2D eigenvalue weighted by Gasteiger charge is -2.13. The first-order valence-electron chi connectivity index (χ1n) is 4.44. The molecule has 1 atom stereocenters. The largest absolute Gasteiger partial charge is 0.472 e. The van der Waals surface area contributed by atoms with Gasteiger partial charge in [-0.05, 0) is 13.0 Å². The molecule has 0 aliphatic rings. The molecule has 2 N–H and O–H groups in total. The van der Waals surface area contributed by atoms with Gasteiger partial charge in [0.2, 0.25) is 5.88 Å². The standard InChI is InChI=1S/C9H10ClF3N2O/c1-5(3-14)16-8-7(10)2-6(4-15-8)9(11,12)13/h2,4-5H,3,14H2,1H3. The molecule has 3 nitrogen and oxygen atoms in total. The third-order valence-corrected chi connectivity index (χ3v) is 2.05. The van der Waals surface area contributed by atoms with Crippen LogP contribution in [0.3, 0.4) is 0 Å². The second kappa shape index (κ2) is 4.88. The molecule has 0 fully saturated rings. The summed E-state index contributed by atoms with van der Waals surface area (Å²) in [6, 6.07) is 0.771. The molecule has 0 aliphatic carbocycles. The van der Waals surface area contributed by atoms with Crippen molar-refractivity contribution in [1.29, 1.82) is 0 Å². The number of pyridine rings is 1. The predicted molar refractivity (Wildman–Crippen MR) is 53.4 cm³/mol. The second-order valence-corrected chi connectivity index (χ2v) is 3.58. The quantitative estimate of drug-likeness (QED) is 0.901. The van der Waals surface area contributed by atoms with Crippen LogP contribution < -0.4 is 10.5 Å². The Bertz CT molecular complexity index is 370. The van der Waals surface area contributed by atoms with Crippen molar-refractivity contribution in [3.05, 3.63) is 22.8 Å². The zero-order chi connectivity index (χ0) is 12.3. The van der Waals surface area contributed by atoms with Crippen LogP contribution in [0.2, 0.25) is 5.02 Å². The number of nitrogens with zero attached hydrogens (tertiary/aromatic N) is 1. The second-order valence-electron chi connectivity index (χ2n) is 3.17. The molecule has 0 bridgehead atoms. The summed E-state index contributed by atoms with van der Waals surface area (Å²) in [4.78, 5) is 3.50. The average molecular weight is 255 g/mol. The lowest BCUT2D eigenvalue weighted by molar-refractivity contribution is -0.137. The topological polar surface area (TPSA) is 48.1 Å². The van der Waals surface area contributed by atoms with Gasteiger partial charge >= 0.3 is 6.18 Å². The minimum Gasteiger partial charge on any atom is -0.472 e. The van der Waals surface area contributed by atoms with Crippen LogP contribution in [-0.2, 0) is 6.18 Å². The predicted octanol–water partition coefficient (Wildman–Crippen LogP) is 2.48. The zero-order valence-electron chi connectivity index (χ0n) is 8.38. The van der Waals surface area contributed by atoms with Crippen molar-refractivity contribution in [1.82, 2.24) is 4.98 Å². The van der Waals surface area contributed by atoms with Gasteiger partial charge in [-0.3, -0.25) is 0 Å². The Labute approximate surface area is 95.4 Å². The number of hydrogen-bond acceptors (Lipinski definition) is 3. The van der Waals surface area contributed by atoms with Crippen LogP contribution in [0.15, 0.2) is 12.3 Å². The highest BCUT2D eigenvalue weighted by molar-refractivity contribution is 6.31. The monoisotopic (exact) mass is 254 g/mol. The first kappa shape index (κ1) is 13.1. The summed E-state index contributed by atoms with van der Waals surface area (Å²) in [5.74, 6) is -0.0485. The SMILES string of the molecule is CC(CN)Oc1ncc(C(F)(F)F)cc1Cl. The van der Waals surface area contributed by atoms with E-state index in [9.17, 15) is 13.2 Å². The maximum absolute atomic E-state index is 12.3. The van der Waals surface area contributed by atoms with Crippen molar-refractivity contribution in [3.63, 3.8) is 0 Å². The summed E-state index contributed by atoms with van der Waals surface area (Å²) in [7, 11) is 0. The highest BCUT2D eigenvalue weighted by atomic mass is 35.5. The minimum absolute atomic E-state index is 0.0485. The van der Waals surface area contributed by atoms with E-state index in [1.165, 1.54) is 0 Å². The van der Waals surface area contributed by atoms with Gasteiger partial charge in [-0.1, -0.05) is 11.6 Å². The molecule has 1 heterocycles. The molecule has 0 radical (unpaired) electrons. The summed E-state index contributed by atoms with van der Waals surface area (Å²) < 4.78 is 41.9. The minimum atomic E-state index is -4.46. The van der Waals surface area contributed by atoms with Crippen molar-refractivity contribution < 1.29 is 17.9 Å². The highest BCUT2D eigenvalue weighted by Gasteiger charge is 2.31. The van der Waals surface area contributed by atoms with Gasteiger partial charge in [0.15, 0.2) is 0 Å². The molecule has 0 aliphatic heterocycles. The van der Waals surface area contributed by atoms with Gasteiger partial charge in [-0.2, -0.15) is 13.2 Å². The number of ether oxygens (including phenoxy) is 1. The van der Waals surface area contributed by atoms with E-state index in [1.807, 2.05) is 0 Å². The fourth-order valence-electron chi connectivity index (χ4n) is 0.906. The molecule has 0 saturated heterocycles. The number of hydrogen-bond donors (Lipinski definition) is 1. The molecule has 1 rings (SSSR count). The summed E-state index contributed by atoms with van der Waals surface area (Å²) in [6.45, 7) is 1.88.